The molecule has 0 saturated heterocycles. The van der Waals surface area contributed by atoms with Crippen LogP contribution in [0.3, 0.4) is 0 Å². The zero-order chi connectivity index (χ0) is 13.1. The molecule has 4 nitrogen and oxygen atoms in total. The van der Waals surface area contributed by atoms with E-state index in [9.17, 15) is 9.59 Å². The van der Waals surface area contributed by atoms with Crippen molar-refractivity contribution in [2.75, 3.05) is 6.54 Å². The summed E-state index contributed by atoms with van der Waals surface area (Å²) in [6.07, 6.45) is 2.03. The molecule has 1 aromatic rings. The molecule has 1 fully saturated rings. The number of carbonyl (C=O) groups is 2. The fraction of sp³-hybridized carbons (Fsp3) is 0.385. The Morgan fingerprint density at radius 3 is 2.39 bits per heavy atom. The van der Waals surface area contributed by atoms with Gasteiger partial charge in [0.2, 0.25) is 5.91 Å². The van der Waals surface area contributed by atoms with E-state index < -0.39 is 5.97 Å². The predicted octanol–water partition coefficient (Wildman–Crippen LogP) is 1.96. The lowest BCUT2D eigenvalue weighted by atomic mass is 10.1. The van der Waals surface area contributed by atoms with Crippen molar-refractivity contribution < 1.29 is 14.7 Å². The molecule has 0 spiro atoms. The molecule has 1 amide bonds. The maximum absolute atomic E-state index is 12.0. The first kappa shape index (κ1) is 12.9. The van der Waals surface area contributed by atoms with Crippen molar-refractivity contribution >= 4 is 23.5 Å². The van der Waals surface area contributed by atoms with Crippen molar-refractivity contribution in [2.24, 2.45) is 0 Å². The second-order valence-electron chi connectivity index (χ2n) is 4.45. The molecule has 1 aromatic carbocycles. The molecule has 18 heavy (non-hydrogen) atoms. The van der Waals surface area contributed by atoms with Crippen LogP contribution in [0.4, 0.5) is 0 Å². The number of carboxylic acids is 1. The number of benzene rings is 1. The summed E-state index contributed by atoms with van der Waals surface area (Å²) in [5.41, 5.74) is 0.848. The summed E-state index contributed by atoms with van der Waals surface area (Å²) < 4.78 is 0. The Labute approximate surface area is 110 Å². The van der Waals surface area contributed by atoms with Gasteiger partial charge < -0.3 is 10.0 Å². The van der Waals surface area contributed by atoms with Gasteiger partial charge >= 0.3 is 5.97 Å². The molecule has 96 valence electrons. The highest BCUT2D eigenvalue weighted by Gasteiger charge is 2.33. The van der Waals surface area contributed by atoms with Gasteiger partial charge in [0, 0.05) is 11.1 Å². The van der Waals surface area contributed by atoms with Gasteiger partial charge in [-0.25, -0.2) is 0 Å². The SMILES string of the molecule is O=C(O)CN(C(=O)Cc1ccc(Cl)cc1)C1CC1. The molecule has 0 radical (unpaired) electrons. The van der Waals surface area contributed by atoms with Crippen LogP contribution in [0.1, 0.15) is 18.4 Å². The first-order valence-corrected chi connectivity index (χ1v) is 6.20. The second-order valence-corrected chi connectivity index (χ2v) is 4.89. The Kier molecular flexibility index (Phi) is 3.87. The lowest BCUT2D eigenvalue weighted by Gasteiger charge is -2.20. The van der Waals surface area contributed by atoms with Crippen molar-refractivity contribution in [3.8, 4) is 0 Å². The molecule has 5 heteroatoms. The minimum atomic E-state index is -0.966. The van der Waals surface area contributed by atoms with Crippen LogP contribution in [0, 0.1) is 0 Å². The number of amides is 1. The molecular weight excluding hydrogens is 254 g/mol. The molecule has 1 aliphatic rings. The Morgan fingerprint density at radius 1 is 1.28 bits per heavy atom. The molecule has 2 rings (SSSR count). The highest BCUT2D eigenvalue weighted by atomic mass is 35.5. The Morgan fingerprint density at radius 2 is 1.89 bits per heavy atom. The van der Waals surface area contributed by atoms with Gasteiger partial charge in [0.05, 0.1) is 6.42 Å². The van der Waals surface area contributed by atoms with Crippen LogP contribution in [-0.2, 0) is 16.0 Å². The maximum Gasteiger partial charge on any atom is 0.323 e. The number of rotatable bonds is 5. The lowest BCUT2D eigenvalue weighted by Crippen LogP contribution is -2.38. The van der Waals surface area contributed by atoms with Gasteiger partial charge in [0.25, 0.3) is 0 Å². The largest absolute Gasteiger partial charge is 0.480 e. The van der Waals surface area contributed by atoms with E-state index in [2.05, 4.69) is 0 Å². The van der Waals surface area contributed by atoms with Gasteiger partial charge in [-0.15, -0.1) is 0 Å². The molecule has 0 aromatic heterocycles. The minimum absolute atomic E-state index is 0.112. The Balaban J connectivity index is 2.00. The Bertz CT molecular complexity index is 454. The number of hydrogen-bond acceptors (Lipinski definition) is 2. The van der Waals surface area contributed by atoms with Crippen molar-refractivity contribution in [1.82, 2.24) is 4.90 Å². The second kappa shape index (κ2) is 5.40. The van der Waals surface area contributed by atoms with E-state index >= 15 is 0 Å². The third kappa shape index (κ3) is 3.47. The topological polar surface area (TPSA) is 57.6 Å². The van der Waals surface area contributed by atoms with E-state index in [1.807, 2.05) is 0 Å². The molecule has 0 heterocycles. The van der Waals surface area contributed by atoms with Crippen LogP contribution in [0.5, 0.6) is 0 Å². The number of nitrogens with zero attached hydrogens (tertiary/aromatic N) is 1. The molecular formula is C13H14ClNO3. The van der Waals surface area contributed by atoms with Crippen LogP contribution in [0.15, 0.2) is 24.3 Å². The summed E-state index contributed by atoms with van der Waals surface area (Å²) in [5.74, 6) is -1.10. The van der Waals surface area contributed by atoms with Crippen molar-refractivity contribution in [3.05, 3.63) is 34.9 Å². The number of hydrogen-bond donors (Lipinski definition) is 1. The molecule has 0 bridgehead atoms. The number of halogens is 1. The summed E-state index contributed by atoms with van der Waals surface area (Å²) in [5, 5.41) is 9.42. The zero-order valence-electron chi connectivity index (χ0n) is 9.80. The van der Waals surface area contributed by atoms with Crippen LogP contribution in [-0.4, -0.2) is 34.5 Å². The van der Waals surface area contributed by atoms with Crippen molar-refractivity contribution in [3.63, 3.8) is 0 Å². The number of aliphatic carboxylic acids is 1. The van der Waals surface area contributed by atoms with Gasteiger partial charge in [-0.05, 0) is 30.5 Å². The van der Waals surface area contributed by atoms with Crippen LogP contribution >= 0.6 is 11.6 Å². The fourth-order valence-electron chi connectivity index (χ4n) is 1.83. The zero-order valence-corrected chi connectivity index (χ0v) is 10.6. The smallest absolute Gasteiger partial charge is 0.323 e. The van der Waals surface area contributed by atoms with E-state index in [0.29, 0.717) is 5.02 Å². The normalized spacial score (nSPS) is 14.3. The first-order chi connectivity index (χ1) is 8.56. The molecule has 0 unspecified atom stereocenters. The summed E-state index contributed by atoms with van der Waals surface area (Å²) >= 11 is 5.77. The average molecular weight is 268 g/mol. The molecule has 0 aliphatic heterocycles. The van der Waals surface area contributed by atoms with E-state index in [1.54, 1.807) is 24.3 Å². The van der Waals surface area contributed by atoms with Gasteiger partial charge in [-0.3, -0.25) is 9.59 Å². The monoisotopic (exact) mass is 267 g/mol. The highest BCUT2D eigenvalue weighted by molar-refractivity contribution is 6.30. The quantitative estimate of drug-likeness (QED) is 0.887. The lowest BCUT2D eigenvalue weighted by molar-refractivity contribution is -0.144. The number of carbonyl (C=O) groups excluding carboxylic acids is 1. The standard InChI is InChI=1S/C13H14ClNO3/c14-10-3-1-9(2-4-10)7-12(16)15(8-13(17)18)11-5-6-11/h1-4,11H,5-8H2,(H,17,18). The number of carboxylic acid groups (broad SMARTS) is 1. The summed E-state index contributed by atoms with van der Waals surface area (Å²) in [6.45, 7) is -0.211. The molecule has 1 saturated carbocycles. The van der Waals surface area contributed by atoms with E-state index in [-0.39, 0.29) is 24.9 Å². The third-order valence-corrected chi connectivity index (χ3v) is 3.13. The predicted molar refractivity (Wildman–Crippen MR) is 67.5 cm³/mol. The maximum atomic E-state index is 12.0. The van der Waals surface area contributed by atoms with Gasteiger partial charge in [0.15, 0.2) is 0 Å². The summed E-state index contributed by atoms with van der Waals surface area (Å²) in [4.78, 5) is 24.2. The Hall–Kier alpha value is -1.55. The van der Waals surface area contributed by atoms with E-state index in [0.717, 1.165) is 18.4 Å². The minimum Gasteiger partial charge on any atom is -0.480 e. The van der Waals surface area contributed by atoms with E-state index in [1.165, 1.54) is 4.90 Å². The first-order valence-electron chi connectivity index (χ1n) is 5.82. The molecule has 0 atom stereocenters. The molecule has 1 aliphatic carbocycles. The van der Waals surface area contributed by atoms with Crippen LogP contribution in [0.25, 0.3) is 0 Å². The molecule has 1 N–H and O–H groups in total. The van der Waals surface area contributed by atoms with E-state index in [4.69, 9.17) is 16.7 Å². The highest BCUT2D eigenvalue weighted by Crippen LogP contribution is 2.27. The summed E-state index contributed by atoms with van der Waals surface area (Å²) in [6, 6.07) is 7.13. The van der Waals surface area contributed by atoms with Crippen LogP contribution in [0.2, 0.25) is 5.02 Å². The van der Waals surface area contributed by atoms with Gasteiger partial charge in [-0.1, -0.05) is 23.7 Å². The summed E-state index contributed by atoms with van der Waals surface area (Å²) in [7, 11) is 0. The van der Waals surface area contributed by atoms with Crippen LogP contribution < -0.4 is 0 Å². The van der Waals surface area contributed by atoms with Crippen molar-refractivity contribution in [1.29, 1.82) is 0 Å². The van der Waals surface area contributed by atoms with Gasteiger partial charge in [0.1, 0.15) is 6.54 Å². The van der Waals surface area contributed by atoms with Gasteiger partial charge in [-0.2, -0.15) is 0 Å². The third-order valence-electron chi connectivity index (χ3n) is 2.88. The van der Waals surface area contributed by atoms with Crippen molar-refractivity contribution in [2.45, 2.75) is 25.3 Å². The fourth-order valence-corrected chi connectivity index (χ4v) is 1.96. The average Bonchev–Trinajstić information content (AvgIpc) is 3.12.